The molecule has 1 heterocycles. The highest BCUT2D eigenvalue weighted by molar-refractivity contribution is 6.21. The number of hydrogen-bond donors (Lipinski definition) is 2. The van der Waals surface area contributed by atoms with E-state index in [1.165, 1.54) is 0 Å². The van der Waals surface area contributed by atoms with Gasteiger partial charge >= 0.3 is 0 Å². The summed E-state index contributed by atoms with van der Waals surface area (Å²) in [5, 5.41) is 12.0. The molecular formula is C22H17NO4. The third-order valence-corrected chi connectivity index (χ3v) is 4.53. The monoisotopic (exact) mass is 359 g/mol. The largest absolute Gasteiger partial charge is 0.457 e. The zero-order chi connectivity index (χ0) is 18.8. The van der Waals surface area contributed by atoms with Crippen molar-refractivity contribution >= 4 is 11.8 Å². The number of carbonyl (C=O) groups is 2. The van der Waals surface area contributed by atoms with Crippen LogP contribution in [-0.2, 0) is 13.0 Å². The molecule has 0 fully saturated rings. The fraction of sp³-hybridized carbons (Fsp3) is 0.0909. The fourth-order valence-corrected chi connectivity index (χ4v) is 3.15. The number of amides is 2. The Morgan fingerprint density at radius 2 is 1.48 bits per heavy atom. The van der Waals surface area contributed by atoms with Gasteiger partial charge in [-0.3, -0.25) is 14.9 Å². The second kappa shape index (κ2) is 7.05. The van der Waals surface area contributed by atoms with E-state index in [-0.39, 0.29) is 6.61 Å². The van der Waals surface area contributed by atoms with Gasteiger partial charge in [0.25, 0.3) is 11.8 Å². The maximum absolute atomic E-state index is 11.8. The molecule has 0 atom stereocenters. The van der Waals surface area contributed by atoms with E-state index in [0.717, 1.165) is 23.1 Å². The van der Waals surface area contributed by atoms with Gasteiger partial charge in [0.05, 0.1) is 17.7 Å². The molecule has 0 saturated heterocycles. The Labute approximate surface area is 156 Å². The Hall–Kier alpha value is -3.44. The number of fused-ring (bicyclic) bond motifs is 1. The van der Waals surface area contributed by atoms with Crippen molar-refractivity contribution in [3.05, 3.63) is 94.5 Å². The van der Waals surface area contributed by atoms with Gasteiger partial charge in [-0.2, -0.15) is 0 Å². The summed E-state index contributed by atoms with van der Waals surface area (Å²) >= 11 is 0. The summed E-state index contributed by atoms with van der Waals surface area (Å²) in [5.74, 6) is 0.197. The topological polar surface area (TPSA) is 75.6 Å². The number of nitrogens with one attached hydrogen (secondary N) is 1. The minimum Gasteiger partial charge on any atom is -0.457 e. The number of rotatable bonds is 5. The number of carbonyl (C=O) groups excluding carboxylic acids is 2. The van der Waals surface area contributed by atoms with Crippen LogP contribution in [0.3, 0.4) is 0 Å². The van der Waals surface area contributed by atoms with E-state index in [0.29, 0.717) is 22.6 Å². The van der Waals surface area contributed by atoms with Crippen molar-refractivity contribution in [1.29, 1.82) is 0 Å². The van der Waals surface area contributed by atoms with Crippen LogP contribution in [0.15, 0.2) is 66.7 Å². The SMILES string of the molecule is O=C1NC(=O)c2cc(Oc3ccc(Cc4ccccc4)c(CO)c3)ccc21. The highest BCUT2D eigenvalue weighted by Crippen LogP contribution is 2.28. The smallest absolute Gasteiger partial charge is 0.259 e. The van der Waals surface area contributed by atoms with Crippen LogP contribution < -0.4 is 10.1 Å². The number of benzene rings is 3. The van der Waals surface area contributed by atoms with E-state index >= 15 is 0 Å². The average molecular weight is 359 g/mol. The zero-order valence-electron chi connectivity index (χ0n) is 14.4. The van der Waals surface area contributed by atoms with E-state index in [1.807, 2.05) is 42.5 Å². The lowest BCUT2D eigenvalue weighted by molar-refractivity contribution is 0.0879. The third-order valence-electron chi connectivity index (χ3n) is 4.53. The van der Waals surface area contributed by atoms with E-state index in [2.05, 4.69) is 5.32 Å². The molecule has 2 amide bonds. The van der Waals surface area contributed by atoms with Crippen LogP contribution >= 0.6 is 0 Å². The summed E-state index contributed by atoms with van der Waals surface area (Å²) < 4.78 is 5.83. The van der Waals surface area contributed by atoms with Crippen molar-refractivity contribution in [2.24, 2.45) is 0 Å². The lowest BCUT2D eigenvalue weighted by Crippen LogP contribution is -2.19. The van der Waals surface area contributed by atoms with Gasteiger partial charge in [-0.1, -0.05) is 36.4 Å². The van der Waals surface area contributed by atoms with Crippen LogP contribution in [-0.4, -0.2) is 16.9 Å². The quantitative estimate of drug-likeness (QED) is 0.684. The van der Waals surface area contributed by atoms with Gasteiger partial charge in [0.1, 0.15) is 11.5 Å². The number of aliphatic hydroxyl groups excluding tert-OH is 1. The maximum Gasteiger partial charge on any atom is 0.259 e. The standard InChI is InChI=1S/C22H17NO4/c24-13-16-11-17(7-6-15(16)10-14-4-2-1-3-5-14)27-18-8-9-19-20(12-18)22(26)23-21(19)25/h1-9,11-12,24H,10,13H2,(H,23,25,26). The first-order valence-electron chi connectivity index (χ1n) is 8.58. The van der Waals surface area contributed by atoms with Gasteiger partial charge in [0.15, 0.2) is 0 Å². The van der Waals surface area contributed by atoms with Crippen molar-refractivity contribution in [3.8, 4) is 11.5 Å². The molecule has 0 radical (unpaired) electrons. The Morgan fingerprint density at radius 1 is 0.778 bits per heavy atom. The molecule has 27 heavy (non-hydrogen) atoms. The van der Waals surface area contributed by atoms with Gasteiger partial charge in [0.2, 0.25) is 0 Å². The maximum atomic E-state index is 11.8. The highest BCUT2D eigenvalue weighted by atomic mass is 16.5. The molecule has 0 unspecified atom stereocenters. The van der Waals surface area contributed by atoms with Gasteiger partial charge in [-0.15, -0.1) is 0 Å². The lowest BCUT2D eigenvalue weighted by atomic mass is 10.00. The first kappa shape index (κ1) is 17.0. The summed E-state index contributed by atoms with van der Waals surface area (Å²) in [6.07, 6.45) is 0.720. The Morgan fingerprint density at radius 3 is 2.26 bits per heavy atom. The molecule has 0 aromatic heterocycles. The van der Waals surface area contributed by atoms with Gasteiger partial charge in [-0.05, 0) is 53.4 Å². The van der Waals surface area contributed by atoms with Crippen LogP contribution in [0.5, 0.6) is 11.5 Å². The lowest BCUT2D eigenvalue weighted by Gasteiger charge is -2.12. The van der Waals surface area contributed by atoms with Crippen LogP contribution in [0.1, 0.15) is 37.4 Å². The van der Waals surface area contributed by atoms with E-state index < -0.39 is 11.8 Å². The van der Waals surface area contributed by atoms with Crippen molar-refractivity contribution in [2.45, 2.75) is 13.0 Å². The van der Waals surface area contributed by atoms with E-state index in [4.69, 9.17) is 4.74 Å². The highest BCUT2D eigenvalue weighted by Gasteiger charge is 2.26. The summed E-state index contributed by atoms with van der Waals surface area (Å²) in [7, 11) is 0. The van der Waals surface area contributed by atoms with Crippen LogP contribution in [0.4, 0.5) is 0 Å². The van der Waals surface area contributed by atoms with Crippen molar-refractivity contribution in [3.63, 3.8) is 0 Å². The second-order valence-corrected chi connectivity index (χ2v) is 6.34. The molecule has 0 aliphatic carbocycles. The summed E-state index contributed by atoms with van der Waals surface area (Å²) in [5.41, 5.74) is 3.62. The van der Waals surface area contributed by atoms with E-state index in [1.54, 1.807) is 24.3 Å². The molecule has 134 valence electrons. The summed E-state index contributed by atoms with van der Waals surface area (Å²) in [4.78, 5) is 23.4. The van der Waals surface area contributed by atoms with Crippen molar-refractivity contribution in [2.75, 3.05) is 0 Å². The number of ether oxygens (including phenoxy) is 1. The molecular weight excluding hydrogens is 342 g/mol. The van der Waals surface area contributed by atoms with Crippen molar-refractivity contribution < 1.29 is 19.4 Å². The second-order valence-electron chi connectivity index (χ2n) is 6.34. The Balaban J connectivity index is 1.57. The number of imide groups is 1. The minimum atomic E-state index is -0.422. The molecule has 0 bridgehead atoms. The van der Waals surface area contributed by atoms with Gasteiger partial charge in [-0.25, -0.2) is 0 Å². The predicted molar refractivity (Wildman–Crippen MR) is 99.9 cm³/mol. The fourth-order valence-electron chi connectivity index (χ4n) is 3.15. The zero-order valence-corrected chi connectivity index (χ0v) is 14.4. The van der Waals surface area contributed by atoms with Crippen LogP contribution in [0, 0.1) is 0 Å². The van der Waals surface area contributed by atoms with Crippen LogP contribution in [0.25, 0.3) is 0 Å². The minimum absolute atomic E-state index is 0.0968. The first-order valence-corrected chi connectivity index (χ1v) is 8.58. The molecule has 1 aliphatic rings. The van der Waals surface area contributed by atoms with Gasteiger partial charge < -0.3 is 9.84 Å². The molecule has 3 aromatic rings. The summed E-state index contributed by atoms with van der Waals surface area (Å²) in [6.45, 7) is -0.0968. The molecule has 0 saturated carbocycles. The number of hydrogen-bond acceptors (Lipinski definition) is 4. The molecule has 4 rings (SSSR count). The molecule has 0 spiro atoms. The summed E-state index contributed by atoms with van der Waals surface area (Å²) in [6, 6.07) is 20.3. The predicted octanol–water partition coefficient (Wildman–Crippen LogP) is 3.45. The Bertz CT molecular complexity index is 1030. The van der Waals surface area contributed by atoms with Crippen molar-refractivity contribution in [1.82, 2.24) is 5.32 Å². The third kappa shape index (κ3) is 3.45. The molecule has 2 N–H and O–H groups in total. The van der Waals surface area contributed by atoms with E-state index in [9.17, 15) is 14.7 Å². The molecule has 3 aromatic carbocycles. The normalized spacial score (nSPS) is 12.6. The average Bonchev–Trinajstić information content (AvgIpc) is 2.97. The first-order chi connectivity index (χ1) is 13.1. The van der Waals surface area contributed by atoms with Crippen LogP contribution in [0.2, 0.25) is 0 Å². The number of aliphatic hydroxyl groups is 1. The Kier molecular flexibility index (Phi) is 4.44. The molecule has 5 nitrogen and oxygen atoms in total. The van der Waals surface area contributed by atoms with Gasteiger partial charge in [0, 0.05) is 0 Å². The molecule has 1 aliphatic heterocycles. The molecule has 5 heteroatoms.